The molecule has 2 aliphatic rings. The normalized spacial score (nSPS) is 27.7. The van der Waals surface area contributed by atoms with Crippen LogP contribution in [0.1, 0.15) is 56.8 Å². The maximum absolute atomic E-state index is 6.31. The lowest BCUT2D eigenvalue weighted by Gasteiger charge is -2.38. The molecule has 2 atom stereocenters. The van der Waals surface area contributed by atoms with Gasteiger partial charge in [0, 0.05) is 24.1 Å². The zero-order valence-corrected chi connectivity index (χ0v) is 12.7. The van der Waals surface area contributed by atoms with E-state index in [9.17, 15) is 0 Å². The summed E-state index contributed by atoms with van der Waals surface area (Å²) in [5.41, 5.74) is 1.03. The van der Waals surface area contributed by atoms with Crippen LogP contribution in [-0.4, -0.2) is 22.6 Å². The zero-order valence-electron chi connectivity index (χ0n) is 12.0. The first-order valence-corrected chi connectivity index (χ1v) is 7.74. The van der Waals surface area contributed by atoms with Gasteiger partial charge in [-0.15, -0.1) is 0 Å². The van der Waals surface area contributed by atoms with Crippen LogP contribution in [0.5, 0.6) is 0 Å². The third-order valence-electron chi connectivity index (χ3n) is 4.43. The molecule has 2 fully saturated rings. The van der Waals surface area contributed by atoms with Crippen molar-refractivity contribution in [3.8, 4) is 0 Å². The van der Waals surface area contributed by atoms with Gasteiger partial charge in [-0.05, 0) is 45.4 Å². The summed E-state index contributed by atoms with van der Waals surface area (Å²) in [6.07, 6.45) is 4.90. The average molecular weight is 280 g/mol. The zero-order chi connectivity index (χ0) is 13.6. The van der Waals surface area contributed by atoms with Crippen LogP contribution in [0.25, 0.3) is 0 Å². The third-order valence-corrected chi connectivity index (χ3v) is 4.80. The molecule has 3 nitrogen and oxygen atoms in total. The van der Waals surface area contributed by atoms with E-state index in [1.807, 2.05) is 6.92 Å². The highest BCUT2D eigenvalue weighted by Gasteiger charge is 2.31. The van der Waals surface area contributed by atoms with E-state index in [1.54, 1.807) is 0 Å². The second-order valence-electron chi connectivity index (χ2n) is 6.27. The summed E-state index contributed by atoms with van der Waals surface area (Å²) < 4.78 is 0. The molecule has 1 aromatic heterocycles. The van der Waals surface area contributed by atoms with Crippen LogP contribution in [0.15, 0.2) is 0 Å². The molecule has 1 aromatic rings. The fourth-order valence-electron chi connectivity index (χ4n) is 3.02. The van der Waals surface area contributed by atoms with Crippen molar-refractivity contribution in [3.05, 3.63) is 16.5 Å². The molecule has 3 rings (SSSR count). The number of piperidine rings is 1. The topological polar surface area (TPSA) is 29.0 Å². The standard InChI is InChI=1S/C15H22ClN3/c1-9-6-7-19(10(2)8-9)15-11(3)13(16)17-14(18-15)12-4-5-12/h9-10,12H,4-8H2,1-3H3. The summed E-state index contributed by atoms with van der Waals surface area (Å²) in [5, 5.41) is 0.637. The fraction of sp³-hybridized carbons (Fsp3) is 0.733. The van der Waals surface area contributed by atoms with E-state index < -0.39 is 0 Å². The monoisotopic (exact) mass is 279 g/mol. The van der Waals surface area contributed by atoms with Crippen LogP contribution in [0.4, 0.5) is 5.82 Å². The predicted molar refractivity (Wildman–Crippen MR) is 79.0 cm³/mol. The highest BCUT2D eigenvalue weighted by Crippen LogP contribution is 2.40. The Morgan fingerprint density at radius 3 is 2.53 bits per heavy atom. The van der Waals surface area contributed by atoms with Crippen LogP contribution in [0, 0.1) is 12.8 Å². The van der Waals surface area contributed by atoms with Gasteiger partial charge in [-0.2, -0.15) is 0 Å². The minimum Gasteiger partial charge on any atom is -0.354 e. The molecule has 2 heterocycles. The summed E-state index contributed by atoms with van der Waals surface area (Å²) in [5.74, 6) is 3.39. The van der Waals surface area contributed by atoms with E-state index in [0.29, 0.717) is 17.1 Å². The first-order chi connectivity index (χ1) is 9.06. The Bertz CT molecular complexity index is 485. The number of nitrogens with zero attached hydrogens (tertiary/aromatic N) is 3. The molecule has 0 aromatic carbocycles. The Kier molecular flexibility index (Phi) is 3.42. The van der Waals surface area contributed by atoms with Crippen molar-refractivity contribution in [2.45, 2.75) is 58.4 Å². The van der Waals surface area contributed by atoms with E-state index in [4.69, 9.17) is 16.6 Å². The lowest BCUT2D eigenvalue weighted by Crippen LogP contribution is -2.41. The SMILES string of the molecule is Cc1c(Cl)nc(C2CC2)nc1N1CCC(C)CC1C. The van der Waals surface area contributed by atoms with Gasteiger partial charge in [-0.25, -0.2) is 9.97 Å². The molecule has 4 heteroatoms. The third kappa shape index (κ3) is 2.58. The maximum Gasteiger partial charge on any atom is 0.137 e. The van der Waals surface area contributed by atoms with Crippen LogP contribution >= 0.6 is 11.6 Å². The lowest BCUT2D eigenvalue weighted by atomic mass is 9.93. The molecule has 0 spiro atoms. The number of hydrogen-bond donors (Lipinski definition) is 0. The molecule has 0 radical (unpaired) electrons. The second kappa shape index (κ2) is 4.93. The van der Waals surface area contributed by atoms with Gasteiger partial charge in [-0.1, -0.05) is 18.5 Å². The van der Waals surface area contributed by atoms with Crippen LogP contribution in [-0.2, 0) is 0 Å². The van der Waals surface area contributed by atoms with Crippen molar-refractivity contribution in [1.82, 2.24) is 9.97 Å². The Hall–Kier alpha value is -0.830. The highest BCUT2D eigenvalue weighted by atomic mass is 35.5. The summed E-state index contributed by atoms with van der Waals surface area (Å²) in [7, 11) is 0. The minimum absolute atomic E-state index is 0.542. The van der Waals surface area contributed by atoms with Crippen LogP contribution in [0.2, 0.25) is 5.15 Å². The van der Waals surface area contributed by atoms with Crippen molar-refractivity contribution in [2.24, 2.45) is 5.92 Å². The number of aromatic nitrogens is 2. The van der Waals surface area contributed by atoms with Crippen LogP contribution < -0.4 is 4.90 Å². The molecule has 0 bridgehead atoms. The molecule has 1 saturated carbocycles. The van der Waals surface area contributed by atoms with Crippen molar-refractivity contribution in [1.29, 1.82) is 0 Å². The number of anilines is 1. The quantitative estimate of drug-likeness (QED) is 0.768. The summed E-state index contributed by atoms with van der Waals surface area (Å²) in [6.45, 7) is 7.75. The Morgan fingerprint density at radius 1 is 1.16 bits per heavy atom. The fourth-order valence-corrected chi connectivity index (χ4v) is 3.19. The van der Waals surface area contributed by atoms with Gasteiger partial charge in [0.1, 0.15) is 16.8 Å². The number of rotatable bonds is 2. The lowest BCUT2D eigenvalue weighted by molar-refractivity contribution is 0.375. The molecule has 2 unspecified atom stereocenters. The van der Waals surface area contributed by atoms with Crippen molar-refractivity contribution >= 4 is 17.4 Å². The van der Waals surface area contributed by atoms with Gasteiger partial charge < -0.3 is 4.90 Å². The van der Waals surface area contributed by atoms with E-state index in [0.717, 1.165) is 29.7 Å². The van der Waals surface area contributed by atoms with Crippen molar-refractivity contribution in [2.75, 3.05) is 11.4 Å². The van der Waals surface area contributed by atoms with Gasteiger partial charge in [0.05, 0.1) is 0 Å². The first-order valence-electron chi connectivity index (χ1n) is 7.37. The second-order valence-corrected chi connectivity index (χ2v) is 6.63. The van der Waals surface area contributed by atoms with Gasteiger partial charge in [0.15, 0.2) is 0 Å². The van der Waals surface area contributed by atoms with E-state index in [2.05, 4.69) is 23.7 Å². The van der Waals surface area contributed by atoms with E-state index in [1.165, 1.54) is 25.7 Å². The van der Waals surface area contributed by atoms with Gasteiger partial charge in [0.25, 0.3) is 0 Å². The molecular weight excluding hydrogens is 258 g/mol. The van der Waals surface area contributed by atoms with E-state index >= 15 is 0 Å². The van der Waals surface area contributed by atoms with Gasteiger partial charge in [0.2, 0.25) is 0 Å². The molecular formula is C15H22ClN3. The van der Waals surface area contributed by atoms with Crippen LogP contribution in [0.3, 0.4) is 0 Å². The Morgan fingerprint density at radius 2 is 1.89 bits per heavy atom. The smallest absolute Gasteiger partial charge is 0.137 e. The molecule has 104 valence electrons. The Balaban J connectivity index is 1.94. The van der Waals surface area contributed by atoms with Crippen molar-refractivity contribution in [3.63, 3.8) is 0 Å². The summed E-state index contributed by atoms with van der Waals surface area (Å²) >= 11 is 6.31. The molecule has 0 amide bonds. The highest BCUT2D eigenvalue weighted by molar-refractivity contribution is 6.30. The van der Waals surface area contributed by atoms with Crippen molar-refractivity contribution < 1.29 is 0 Å². The Labute approximate surface area is 120 Å². The van der Waals surface area contributed by atoms with E-state index in [-0.39, 0.29) is 0 Å². The maximum atomic E-state index is 6.31. The first kappa shape index (κ1) is 13.2. The average Bonchev–Trinajstić information content (AvgIpc) is 3.17. The molecule has 1 saturated heterocycles. The molecule has 0 N–H and O–H groups in total. The van der Waals surface area contributed by atoms with Gasteiger partial charge >= 0.3 is 0 Å². The minimum atomic E-state index is 0.542. The van der Waals surface area contributed by atoms with Gasteiger partial charge in [-0.3, -0.25) is 0 Å². The molecule has 1 aliphatic carbocycles. The summed E-state index contributed by atoms with van der Waals surface area (Å²) in [6, 6.07) is 0.542. The number of hydrogen-bond acceptors (Lipinski definition) is 3. The molecule has 19 heavy (non-hydrogen) atoms. The summed E-state index contributed by atoms with van der Waals surface area (Å²) in [4.78, 5) is 11.7. The largest absolute Gasteiger partial charge is 0.354 e. The predicted octanol–water partition coefficient (Wildman–Crippen LogP) is 3.94. The molecule has 1 aliphatic heterocycles. The number of halogens is 1.